The molecule has 2 heteroatoms. The lowest BCUT2D eigenvalue weighted by molar-refractivity contribution is 0.0951. The first-order chi connectivity index (χ1) is 8.89. The summed E-state index contributed by atoms with van der Waals surface area (Å²) >= 11 is 0. The van der Waals surface area contributed by atoms with E-state index in [0.717, 1.165) is 5.56 Å². The third kappa shape index (κ3) is 3.24. The molecule has 1 fully saturated rings. The first kappa shape index (κ1) is 14.3. The zero-order valence-corrected chi connectivity index (χ0v) is 12.3. The smallest absolute Gasteiger partial charge is 0.164 e. The molecule has 0 amide bonds. The maximum Gasteiger partial charge on any atom is 0.164 e. The quantitative estimate of drug-likeness (QED) is 0.833. The number of ketones is 1. The van der Waals surface area contributed by atoms with E-state index in [1.807, 2.05) is 18.2 Å². The van der Waals surface area contributed by atoms with Gasteiger partial charge in [-0.1, -0.05) is 51.5 Å². The summed E-state index contributed by atoms with van der Waals surface area (Å²) < 4.78 is 0. The molecule has 19 heavy (non-hydrogen) atoms. The maximum atomic E-state index is 12.5. The average molecular weight is 259 g/mol. The Morgan fingerprint density at radius 1 is 1.32 bits per heavy atom. The second kappa shape index (κ2) is 5.46. The van der Waals surface area contributed by atoms with Crippen LogP contribution in [0.1, 0.15) is 68.3 Å². The third-order valence-electron chi connectivity index (χ3n) is 4.32. The van der Waals surface area contributed by atoms with Crippen molar-refractivity contribution in [2.45, 2.75) is 58.4 Å². The monoisotopic (exact) mass is 259 g/mol. The lowest BCUT2D eigenvalue weighted by Gasteiger charge is -2.29. The highest BCUT2D eigenvalue weighted by Gasteiger charge is 2.27. The Bertz CT molecular complexity index is 455. The van der Waals surface area contributed by atoms with E-state index >= 15 is 0 Å². The van der Waals surface area contributed by atoms with Gasteiger partial charge in [0.2, 0.25) is 0 Å². The molecule has 0 radical (unpaired) electrons. The molecular formula is C17H25NO. The molecule has 104 valence electrons. The van der Waals surface area contributed by atoms with Gasteiger partial charge >= 0.3 is 0 Å². The van der Waals surface area contributed by atoms with Crippen LogP contribution in [0.25, 0.3) is 0 Å². The summed E-state index contributed by atoms with van der Waals surface area (Å²) in [6, 6.07) is 7.98. The van der Waals surface area contributed by atoms with E-state index < -0.39 is 0 Å². The van der Waals surface area contributed by atoms with Crippen LogP contribution in [-0.2, 0) is 0 Å². The summed E-state index contributed by atoms with van der Waals surface area (Å²) in [5.74, 6) is 0.788. The number of carbonyl (C=O) groups is 1. The van der Waals surface area contributed by atoms with E-state index in [9.17, 15) is 4.79 Å². The molecule has 1 saturated carbocycles. The van der Waals surface area contributed by atoms with Crippen molar-refractivity contribution in [1.29, 1.82) is 0 Å². The molecule has 0 heterocycles. The van der Waals surface area contributed by atoms with E-state index in [1.54, 1.807) is 0 Å². The Labute approximate surface area is 116 Å². The van der Waals surface area contributed by atoms with Crippen LogP contribution in [0.5, 0.6) is 0 Å². The minimum Gasteiger partial charge on any atom is -0.327 e. The molecule has 0 spiro atoms. The SMILES string of the molecule is CC(C)(C)C(N)CC(=O)c1ccccc1C1CCC1. The van der Waals surface area contributed by atoms with Crippen LogP contribution in [-0.4, -0.2) is 11.8 Å². The molecule has 0 aromatic heterocycles. The van der Waals surface area contributed by atoms with E-state index in [0.29, 0.717) is 12.3 Å². The van der Waals surface area contributed by atoms with Gasteiger partial charge in [-0.3, -0.25) is 4.79 Å². The van der Waals surface area contributed by atoms with Gasteiger partial charge in [0, 0.05) is 18.0 Å². The lowest BCUT2D eigenvalue weighted by atomic mass is 9.76. The zero-order chi connectivity index (χ0) is 14.0. The minimum atomic E-state index is -0.0885. The molecule has 1 unspecified atom stereocenters. The predicted molar refractivity (Wildman–Crippen MR) is 79.4 cm³/mol. The Balaban J connectivity index is 2.15. The van der Waals surface area contributed by atoms with E-state index in [4.69, 9.17) is 5.73 Å². The molecule has 0 bridgehead atoms. The van der Waals surface area contributed by atoms with Gasteiger partial charge in [-0.2, -0.15) is 0 Å². The van der Waals surface area contributed by atoms with Crippen molar-refractivity contribution in [2.75, 3.05) is 0 Å². The molecule has 1 atom stereocenters. The predicted octanol–water partition coefficient (Wildman–Crippen LogP) is 3.90. The first-order valence-electron chi connectivity index (χ1n) is 7.27. The van der Waals surface area contributed by atoms with Gasteiger partial charge < -0.3 is 5.73 Å². The minimum absolute atomic E-state index is 0.0267. The molecule has 0 aliphatic heterocycles. The van der Waals surface area contributed by atoms with Gasteiger partial charge in [0.05, 0.1) is 0 Å². The highest BCUT2D eigenvalue weighted by atomic mass is 16.1. The Hall–Kier alpha value is -1.15. The largest absolute Gasteiger partial charge is 0.327 e. The van der Waals surface area contributed by atoms with Gasteiger partial charge in [0.25, 0.3) is 0 Å². The molecule has 1 aliphatic carbocycles. The van der Waals surface area contributed by atoms with Crippen LogP contribution < -0.4 is 5.73 Å². The van der Waals surface area contributed by atoms with Crippen molar-refractivity contribution in [3.8, 4) is 0 Å². The molecule has 2 N–H and O–H groups in total. The standard InChI is InChI=1S/C17H25NO/c1-17(2,3)16(18)11-15(19)14-10-5-4-9-13(14)12-7-6-8-12/h4-5,9-10,12,16H,6-8,11,18H2,1-3H3. The molecular weight excluding hydrogens is 234 g/mol. The topological polar surface area (TPSA) is 43.1 Å². The van der Waals surface area contributed by atoms with Crippen LogP contribution in [0.2, 0.25) is 0 Å². The molecule has 2 rings (SSSR count). The number of carbonyl (C=O) groups excluding carboxylic acids is 1. The van der Waals surface area contributed by atoms with Crippen molar-refractivity contribution >= 4 is 5.78 Å². The average Bonchev–Trinajstić information content (AvgIpc) is 2.26. The summed E-state index contributed by atoms with van der Waals surface area (Å²) in [7, 11) is 0. The number of hydrogen-bond donors (Lipinski definition) is 1. The van der Waals surface area contributed by atoms with Crippen molar-refractivity contribution in [2.24, 2.45) is 11.1 Å². The van der Waals surface area contributed by atoms with E-state index in [2.05, 4.69) is 26.8 Å². The van der Waals surface area contributed by atoms with Gasteiger partial charge in [0.1, 0.15) is 0 Å². The van der Waals surface area contributed by atoms with E-state index in [1.165, 1.54) is 24.8 Å². The zero-order valence-electron chi connectivity index (χ0n) is 12.3. The van der Waals surface area contributed by atoms with E-state index in [-0.39, 0.29) is 17.2 Å². The van der Waals surface area contributed by atoms with Crippen LogP contribution in [0.3, 0.4) is 0 Å². The second-order valence-corrected chi connectivity index (χ2v) is 6.81. The fourth-order valence-electron chi connectivity index (χ4n) is 2.44. The summed E-state index contributed by atoms with van der Waals surface area (Å²) in [4.78, 5) is 12.5. The maximum absolute atomic E-state index is 12.5. The Kier molecular flexibility index (Phi) is 4.10. The van der Waals surface area contributed by atoms with Gasteiger partial charge in [0.15, 0.2) is 5.78 Å². The van der Waals surface area contributed by atoms with Crippen molar-refractivity contribution < 1.29 is 4.79 Å². The Morgan fingerprint density at radius 2 is 1.95 bits per heavy atom. The fourth-order valence-corrected chi connectivity index (χ4v) is 2.44. The molecule has 1 aromatic rings. The molecule has 1 aliphatic rings. The number of nitrogens with two attached hydrogens (primary N) is 1. The summed E-state index contributed by atoms with van der Waals surface area (Å²) in [5.41, 5.74) is 8.25. The second-order valence-electron chi connectivity index (χ2n) is 6.81. The third-order valence-corrected chi connectivity index (χ3v) is 4.32. The lowest BCUT2D eigenvalue weighted by Crippen LogP contribution is -2.37. The first-order valence-corrected chi connectivity index (χ1v) is 7.27. The number of benzene rings is 1. The van der Waals surface area contributed by atoms with Crippen molar-refractivity contribution in [1.82, 2.24) is 0 Å². The summed E-state index contributed by atoms with van der Waals surface area (Å²) in [5, 5.41) is 0. The highest BCUT2D eigenvalue weighted by Crippen LogP contribution is 2.38. The van der Waals surface area contributed by atoms with Crippen molar-refractivity contribution in [3.05, 3.63) is 35.4 Å². The van der Waals surface area contributed by atoms with Crippen LogP contribution >= 0.6 is 0 Å². The van der Waals surface area contributed by atoms with Crippen molar-refractivity contribution in [3.63, 3.8) is 0 Å². The molecule has 1 aromatic carbocycles. The Morgan fingerprint density at radius 3 is 2.47 bits per heavy atom. The highest BCUT2D eigenvalue weighted by molar-refractivity contribution is 5.98. The van der Waals surface area contributed by atoms with Crippen LogP contribution in [0.4, 0.5) is 0 Å². The summed E-state index contributed by atoms with van der Waals surface area (Å²) in [6.45, 7) is 6.26. The normalized spacial score (nSPS) is 17.9. The fraction of sp³-hybridized carbons (Fsp3) is 0.588. The van der Waals surface area contributed by atoms with Gasteiger partial charge in [-0.05, 0) is 29.7 Å². The summed E-state index contributed by atoms with van der Waals surface area (Å²) in [6.07, 6.45) is 4.16. The number of rotatable bonds is 4. The van der Waals surface area contributed by atoms with Crippen LogP contribution in [0, 0.1) is 5.41 Å². The van der Waals surface area contributed by atoms with Gasteiger partial charge in [-0.15, -0.1) is 0 Å². The number of hydrogen-bond acceptors (Lipinski definition) is 2. The van der Waals surface area contributed by atoms with Gasteiger partial charge in [-0.25, -0.2) is 0 Å². The molecule has 2 nitrogen and oxygen atoms in total. The van der Waals surface area contributed by atoms with Crippen LogP contribution in [0.15, 0.2) is 24.3 Å². The number of Topliss-reactive ketones (excluding diaryl/α,β-unsaturated/α-hetero) is 1. The molecule has 0 saturated heterocycles.